The minimum absolute atomic E-state index is 0.290. The van der Waals surface area contributed by atoms with Gasteiger partial charge in [0.05, 0.1) is 27.3 Å². The van der Waals surface area contributed by atoms with Crippen LogP contribution in [0.3, 0.4) is 0 Å². The summed E-state index contributed by atoms with van der Waals surface area (Å²) in [5.41, 5.74) is 3.35. The van der Waals surface area contributed by atoms with Crippen LogP contribution in [0.2, 0.25) is 5.02 Å². The molecule has 2 atom stereocenters. The Morgan fingerprint density at radius 1 is 1.13 bits per heavy atom. The van der Waals surface area contributed by atoms with E-state index in [-0.39, 0.29) is 5.65 Å². The Labute approximate surface area is 184 Å². The summed E-state index contributed by atoms with van der Waals surface area (Å²) in [6, 6.07) is 6.16. The minimum Gasteiger partial charge on any atom is -0.368 e. The van der Waals surface area contributed by atoms with Crippen LogP contribution in [0.25, 0.3) is 16.6 Å². The van der Waals surface area contributed by atoms with Gasteiger partial charge < -0.3 is 19.9 Å². The van der Waals surface area contributed by atoms with Gasteiger partial charge in [0.25, 0.3) is 0 Å². The predicted octanol–water partition coefficient (Wildman–Crippen LogP) is 4.31. The van der Waals surface area contributed by atoms with Crippen LogP contribution in [0.1, 0.15) is 19.5 Å². The molecule has 0 unspecified atom stereocenters. The van der Waals surface area contributed by atoms with E-state index >= 15 is 0 Å². The highest BCUT2D eigenvalue weighted by molar-refractivity contribution is 6.36. The topological polar surface area (TPSA) is 70.4 Å². The van der Waals surface area contributed by atoms with Crippen molar-refractivity contribution >= 4 is 45.3 Å². The first-order valence-corrected chi connectivity index (χ1v) is 10.6. The number of aromatic nitrogens is 4. The smallest absolute Gasteiger partial charge is 0.173 e. The Hall–Kier alpha value is -2.97. The van der Waals surface area contributed by atoms with Gasteiger partial charge in [-0.25, -0.2) is 19.3 Å². The molecule has 0 saturated carbocycles. The fourth-order valence-corrected chi connectivity index (χ4v) is 4.63. The number of halogens is 2. The molecule has 1 saturated heterocycles. The molecule has 31 heavy (non-hydrogen) atoms. The van der Waals surface area contributed by atoms with Crippen molar-refractivity contribution in [3.05, 3.63) is 53.5 Å². The number of nitrogens with one attached hydrogen (secondary N) is 2. The molecule has 0 aliphatic carbocycles. The highest BCUT2D eigenvalue weighted by Crippen LogP contribution is 2.34. The van der Waals surface area contributed by atoms with Crippen molar-refractivity contribution in [1.29, 1.82) is 0 Å². The van der Waals surface area contributed by atoms with Crippen molar-refractivity contribution in [3.63, 3.8) is 0 Å². The van der Waals surface area contributed by atoms with Crippen molar-refractivity contribution < 1.29 is 4.39 Å². The van der Waals surface area contributed by atoms with Gasteiger partial charge in [-0.3, -0.25) is 0 Å². The van der Waals surface area contributed by atoms with Gasteiger partial charge in [0, 0.05) is 49.3 Å². The van der Waals surface area contributed by atoms with Crippen molar-refractivity contribution in [2.24, 2.45) is 0 Å². The van der Waals surface area contributed by atoms with Gasteiger partial charge in [0.15, 0.2) is 11.5 Å². The molecule has 9 heteroatoms. The maximum absolute atomic E-state index is 14.5. The molecule has 1 fully saturated rings. The number of pyridine rings is 1. The van der Waals surface area contributed by atoms with Gasteiger partial charge >= 0.3 is 0 Å². The Bertz CT molecular complexity index is 1280. The van der Waals surface area contributed by atoms with E-state index in [2.05, 4.69) is 44.3 Å². The molecule has 160 valence electrons. The van der Waals surface area contributed by atoms with Crippen molar-refractivity contribution in [2.75, 3.05) is 23.3 Å². The summed E-state index contributed by atoms with van der Waals surface area (Å²) >= 11 is 6.70. The summed E-state index contributed by atoms with van der Waals surface area (Å²) in [6.45, 7) is 7.97. The second kappa shape index (κ2) is 7.62. The molecule has 0 radical (unpaired) electrons. The van der Waals surface area contributed by atoms with Crippen LogP contribution < -0.4 is 15.5 Å². The predicted molar refractivity (Wildman–Crippen MR) is 122 cm³/mol. The zero-order valence-electron chi connectivity index (χ0n) is 17.5. The molecule has 7 nitrogen and oxygen atoms in total. The van der Waals surface area contributed by atoms with E-state index in [1.807, 2.05) is 19.1 Å². The van der Waals surface area contributed by atoms with Crippen LogP contribution >= 0.6 is 11.6 Å². The van der Waals surface area contributed by atoms with Crippen LogP contribution in [-0.4, -0.2) is 44.5 Å². The van der Waals surface area contributed by atoms with Crippen LogP contribution in [0.4, 0.5) is 21.6 Å². The maximum Gasteiger partial charge on any atom is 0.173 e. The average Bonchev–Trinajstić information content (AvgIpc) is 3.08. The zero-order valence-corrected chi connectivity index (χ0v) is 18.3. The summed E-state index contributed by atoms with van der Waals surface area (Å²) in [7, 11) is 0. The quantitative estimate of drug-likeness (QED) is 0.495. The zero-order chi connectivity index (χ0) is 21.7. The Morgan fingerprint density at radius 3 is 2.68 bits per heavy atom. The second-order valence-electron chi connectivity index (χ2n) is 8.23. The Morgan fingerprint density at radius 2 is 1.90 bits per heavy atom. The molecule has 1 aromatic carbocycles. The fourth-order valence-electron chi connectivity index (χ4n) is 4.33. The van der Waals surface area contributed by atoms with E-state index in [9.17, 15) is 4.39 Å². The van der Waals surface area contributed by atoms with Gasteiger partial charge in [-0.1, -0.05) is 11.6 Å². The summed E-state index contributed by atoms with van der Waals surface area (Å²) in [5, 5.41) is 7.98. The van der Waals surface area contributed by atoms with Crippen molar-refractivity contribution in [1.82, 2.24) is 24.7 Å². The fraction of sp³-hybridized carbons (Fsp3) is 0.318. The van der Waals surface area contributed by atoms with E-state index in [0.717, 1.165) is 30.0 Å². The molecule has 0 amide bonds. The standard InChI is InChI=1S/C22H23ClFN7/c1-12-7-30(8-13(2)27-12)16-5-17(23)20-19(6-16)25-11-26-21(20)29-15-4-18(24)22-28-14(3)9-31(22)10-15/h4-6,9-13,27H,7-8H2,1-3H3,(H,25,26,29)/t12-,13-/m0/s1. The lowest BCUT2D eigenvalue weighted by atomic mass is 10.1. The van der Waals surface area contributed by atoms with Crippen molar-refractivity contribution in [3.8, 4) is 0 Å². The van der Waals surface area contributed by atoms with E-state index in [0.29, 0.717) is 34.0 Å². The number of anilines is 3. The first-order chi connectivity index (χ1) is 14.9. The number of imidazole rings is 1. The van der Waals surface area contributed by atoms with Gasteiger partial charge in [0.2, 0.25) is 0 Å². The summed E-state index contributed by atoms with van der Waals surface area (Å²) < 4.78 is 16.1. The number of rotatable bonds is 3. The average molecular weight is 440 g/mol. The lowest BCUT2D eigenvalue weighted by Gasteiger charge is -2.37. The third-order valence-electron chi connectivity index (χ3n) is 5.49. The minimum atomic E-state index is -0.410. The van der Waals surface area contributed by atoms with E-state index in [1.54, 1.807) is 16.8 Å². The molecule has 1 aliphatic rings. The Balaban J connectivity index is 1.53. The highest BCUT2D eigenvalue weighted by atomic mass is 35.5. The molecule has 2 N–H and O–H groups in total. The molecule has 3 aromatic heterocycles. The lowest BCUT2D eigenvalue weighted by Crippen LogP contribution is -2.54. The van der Waals surface area contributed by atoms with Crippen LogP contribution in [-0.2, 0) is 0 Å². The number of nitrogens with zero attached hydrogens (tertiary/aromatic N) is 5. The third-order valence-corrected chi connectivity index (χ3v) is 5.78. The molecular weight excluding hydrogens is 417 g/mol. The highest BCUT2D eigenvalue weighted by Gasteiger charge is 2.22. The van der Waals surface area contributed by atoms with E-state index in [1.165, 1.54) is 12.4 Å². The first-order valence-electron chi connectivity index (χ1n) is 10.2. The molecule has 0 bridgehead atoms. The number of hydrogen-bond donors (Lipinski definition) is 2. The number of aryl methyl sites for hydroxylation is 1. The van der Waals surface area contributed by atoms with E-state index in [4.69, 9.17) is 11.6 Å². The van der Waals surface area contributed by atoms with E-state index < -0.39 is 5.82 Å². The molecule has 0 spiro atoms. The molecule has 4 heterocycles. The van der Waals surface area contributed by atoms with Crippen LogP contribution in [0.5, 0.6) is 0 Å². The Kier molecular flexibility index (Phi) is 4.91. The summed E-state index contributed by atoms with van der Waals surface area (Å²) in [5.74, 6) is 0.117. The monoisotopic (exact) mass is 439 g/mol. The summed E-state index contributed by atoms with van der Waals surface area (Å²) in [4.78, 5) is 15.3. The van der Waals surface area contributed by atoms with Gasteiger partial charge in [0.1, 0.15) is 12.1 Å². The number of hydrogen-bond acceptors (Lipinski definition) is 6. The second-order valence-corrected chi connectivity index (χ2v) is 8.64. The van der Waals surface area contributed by atoms with Crippen LogP contribution in [0, 0.1) is 12.7 Å². The SMILES string of the molecule is Cc1cn2cc(Nc3ncnc4cc(N5C[C@H](C)N[C@@H](C)C5)cc(Cl)c34)cc(F)c2n1. The van der Waals surface area contributed by atoms with Gasteiger partial charge in [-0.2, -0.15) is 0 Å². The number of piperazine rings is 1. The normalized spacial score (nSPS) is 19.3. The van der Waals surface area contributed by atoms with Gasteiger partial charge in [-0.15, -0.1) is 0 Å². The van der Waals surface area contributed by atoms with Crippen LogP contribution in [0.15, 0.2) is 36.9 Å². The molecule has 5 rings (SSSR count). The maximum atomic E-state index is 14.5. The number of fused-ring (bicyclic) bond motifs is 2. The molecule has 1 aliphatic heterocycles. The first kappa shape index (κ1) is 20.0. The lowest BCUT2D eigenvalue weighted by molar-refractivity contribution is 0.407. The third kappa shape index (κ3) is 3.77. The van der Waals surface area contributed by atoms with Crippen molar-refractivity contribution in [2.45, 2.75) is 32.9 Å². The van der Waals surface area contributed by atoms with Gasteiger partial charge in [-0.05, 0) is 32.9 Å². The number of benzene rings is 1. The summed E-state index contributed by atoms with van der Waals surface area (Å²) in [6.07, 6.45) is 5.04. The molecular formula is C22H23ClFN7. The molecule has 4 aromatic rings. The largest absolute Gasteiger partial charge is 0.368 e.